The van der Waals surface area contributed by atoms with Crippen LogP contribution in [0.2, 0.25) is 0 Å². The van der Waals surface area contributed by atoms with Crippen molar-refractivity contribution in [3.05, 3.63) is 70.8 Å². The van der Waals surface area contributed by atoms with Crippen LogP contribution in [0.5, 0.6) is 0 Å². The summed E-state index contributed by atoms with van der Waals surface area (Å²) in [4.78, 5) is 2.62. The molecule has 1 aliphatic heterocycles. The number of hydrogen-bond acceptors (Lipinski definition) is 1. The first-order valence-corrected chi connectivity index (χ1v) is 7.77. The molecule has 0 amide bonds. The molecule has 0 unspecified atom stereocenters. The molecule has 3 rings (SSSR count). The minimum Gasteiger partial charge on any atom is -0.281 e. The van der Waals surface area contributed by atoms with Crippen LogP contribution in [0.15, 0.2) is 48.5 Å². The van der Waals surface area contributed by atoms with Crippen molar-refractivity contribution in [1.29, 1.82) is 0 Å². The predicted molar refractivity (Wildman–Crippen MR) is 89.2 cm³/mol. The van der Waals surface area contributed by atoms with Crippen LogP contribution in [-0.2, 0) is 17.6 Å². The van der Waals surface area contributed by atoms with Crippen molar-refractivity contribution in [1.82, 2.24) is 4.90 Å². The summed E-state index contributed by atoms with van der Waals surface area (Å²) < 4.78 is 0. The highest BCUT2D eigenvalue weighted by atomic mass is 15.3. The number of nitrogens with zero attached hydrogens (tertiary/aromatic N) is 1. The maximum Gasteiger partial charge on any atom is 0.0420 e. The van der Waals surface area contributed by atoms with Gasteiger partial charge in [0.1, 0.15) is 0 Å². The highest BCUT2D eigenvalue weighted by molar-refractivity contribution is 5.45. The zero-order valence-electron chi connectivity index (χ0n) is 13.8. The van der Waals surface area contributed by atoms with E-state index in [2.05, 4.69) is 88.0 Å². The van der Waals surface area contributed by atoms with Crippen LogP contribution in [0.1, 0.15) is 49.9 Å². The molecule has 0 radical (unpaired) electrons. The molecule has 1 nitrogen and oxygen atoms in total. The van der Waals surface area contributed by atoms with Gasteiger partial charge in [-0.05, 0) is 51.3 Å². The first kappa shape index (κ1) is 14.3. The van der Waals surface area contributed by atoms with E-state index in [4.69, 9.17) is 0 Å². The first-order chi connectivity index (χ1) is 9.83. The molecule has 0 bridgehead atoms. The van der Waals surface area contributed by atoms with E-state index < -0.39 is 0 Å². The summed E-state index contributed by atoms with van der Waals surface area (Å²) >= 11 is 0. The average Bonchev–Trinajstić information content (AvgIpc) is 2.58. The third kappa shape index (κ3) is 2.20. The molecule has 0 N–H and O–H groups in total. The lowest BCUT2D eigenvalue weighted by atomic mass is 9.89. The predicted octanol–water partition coefficient (Wildman–Crippen LogP) is 4.98. The number of fused-ring (bicyclic) bond motifs is 1. The molecule has 110 valence electrons. The topological polar surface area (TPSA) is 3.24 Å². The fourth-order valence-electron chi connectivity index (χ4n) is 3.85. The van der Waals surface area contributed by atoms with Crippen molar-refractivity contribution in [3.8, 4) is 0 Å². The average molecular weight is 279 g/mol. The summed E-state index contributed by atoms with van der Waals surface area (Å²) in [6, 6.07) is 17.7. The molecule has 1 aliphatic rings. The van der Waals surface area contributed by atoms with Crippen LogP contribution in [0.4, 0.5) is 0 Å². The molecule has 0 spiro atoms. The normalized spacial score (nSPS) is 19.5. The van der Waals surface area contributed by atoms with Gasteiger partial charge < -0.3 is 0 Å². The van der Waals surface area contributed by atoms with E-state index >= 15 is 0 Å². The molecule has 2 aromatic rings. The van der Waals surface area contributed by atoms with Gasteiger partial charge >= 0.3 is 0 Å². The van der Waals surface area contributed by atoms with Gasteiger partial charge in [0.05, 0.1) is 0 Å². The van der Waals surface area contributed by atoms with E-state index in [9.17, 15) is 0 Å². The Morgan fingerprint density at radius 2 is 1.43 bits per heavy atom. The zero-order chi connectivity index (χ0) is 15.3. The van der Waals surface area contributed by atoms with Gasteiger partial charge in [0.2, 0.25) is 0 Å². The Kier molecular flexibility index (Phi) is 3.22. The maximum atomic E-state index is 2.62. The minimum absolute atomic E-state index is 0.0562. The molecule has 1 heteroatoms. The van der Waals surface area contributed by atoms with Crippen molar-refractivity contribution >= 4 is 0 Å². The fraction of sp³-hybridized carbons (Fsp3) is 0.400. The van der Waals surface area contributed by atoms with Gasteiger partial charge in [0.25, 0.3) is 0 Å². The van der Waals surface area contributed by atoms with E-state index in [1.54, 1.807) is 0 Å². The lowest BCUT2D eigenvalue weighted by molar-refractivity contribution is 0.0312. The summed E-state index contributed by atoms with van der Waals surface area (Å²) in [5.41, 5.74) is 5.78. The second kappa shape index (κ2) is 4.71. The van der Waals surface area contributed by atoms with Crippen molar-refractivity contribution in [3.63, 3.8) is 0 Å². The van der Waals surface area contributed by atoms with E-state index in [1.807, 2.05) is 0 Å². The van der Waals surface area contributed by atoms with Gasteiger partial charge in [-0.1, -0.05) is 54.1 Å². The second-order valence-corrected chi connectivity index (χ2v) is 7.24. The standard InChI is InChI=1S/C20H25N/c1-15-11-12-17-18(13-15)20(4,5)21(19(17,2)3)14-16-9-7-6-8-10-16/h6-13H,14H2,1-5H3. The van der Waals surface area contributed by atoms with Crippen molar-refractivity contribution in [2.45, 2.75) is 52.2 Å². The second-order valence-electron chi connectivity index (χ2n) is 7.24. The lowest BCUT2D eigenvalue weighted by Gasteiger charge is -2.41. The maximum absolute atomic E-state index is 2.62. The number of hydrogen-bond donors (Lipinski definition) is 0. The fourth-order valence-corrected chi connectivity index (χ4v) is 3.85. The van der Waals surface area contributed by atoms with Crippen molar-refractivity contribution in [2.24, 2.45) is 0 Å². The Labute approximate surface area is 128 Å². The Morgan fingerprint density at radius 3 is 2.10 bits per heavy atom. The molecule has 0 aliphatic carbocycles. The number of benzene rings is 2. The van der Waals surface area contributed by atoms with Gasteiger partial charge in [-0.2, -0.15) is 0 Å². The summed E-state index contributed by atoms with van der Waals surface area (Å²) in [6.07, 6.45) is 0. The minimum atomic E-state index is 0.0562. The largest absolute Gasteiger partial charge is 0.281 e. The quantitative estimate of drug-likeness (QED) is 0.749. The molecule has 0 aromatic heterocycles. The summed E-state index contributed by atoms with van der Waals surface area (Å²) in [5.74, 6) is 0. The summed E-state index contributed by atoms with van der Waals surface area (Å²) in [5, 5.41) is 0. The molecule has 0 atom stereocenters. The molecular weight excluding hydrogens is 254 g/mol. The third-order valence-electron chi connectivity index (χ3n) is 5.03. The van der Waals surface area contributed by atoms with Gasteiger partial charge in [-0.15, -0.1) is 0 Å². The van der Waals surface area contributed by atoms with E-state index in [-0.39, 0.29) is 11.1 Å². The third-order valence-corrected chi connectivity index (χ3v) is 5.03. The Morgan fingerprint density at radius 1 is 0.810 bits per heavy atom. The van der Waals surface area contributed by atoms with E-state index in [0.29, 0.717) is 0 Å². The van der Waals surface area contributed by atoms with Gasteiger partial charge in [-0.25, -0.2) is 0 Å². The van der Waals surface area contributed by atoms with Crippen molar-refractivity contribution < 1.29 is 0 Å². The highest BCUT2D eigenvalue weighted by Crippen LogP contribution is 2.50. The monoisotopic (exact) mass is 279 g/mol. The van der Waals surface area contributed by atoms with Crippen molar-refractivity contribution in [2.75, 3.05) is 0 Å². The van der Waals surface area contributed by atoms with Crippen LogP contribution < -0.4 is 0 Å². The number of aryl methyl sites for hydroxylation is 1. The Balaban J connectivity index is 2.06. The highest BCUT2D eigenvalue weighted by Gasteiger charge is 2.48. The van der Waals surface area contributed by atoms with Crippen LogP contribution in [0.25, 0.3) is 0 Å². The van der Waals surface area contributed by atoms with Crippen LogP contribution in [0, 0.1) is 6.92 Å². The SMILES string of the molecule is Cc1ccc2c(c1)C(C)(C)N(Cc1ccccc1)C2(C)C. The van der Waals surface area contributed by atoms with E-state index in [0.717, 1.165) is 6.54 Å². The van der Waals surface area contributed by atoms with Gasteiger partial charge in [0, 0.05) is 17.6 Å². The van der Waals surface area contributed by atoms with Crippen LogP contribution >= 0.6 is 0 Å². The number of rotatable bonds is 2. The van der Waals surface area contributed by atoms with Gasteiger partial charge in [-0.3, -0.25) is 4.90 Å². The molecule has 0 fully saturated rings. The Hall–Kier alpha value is -1.60. The zero-order valence-corrected chi connectivity index (χ0v) is 13.8. The Bertz CT molecular complexity index is 653. The van der Waals surface area contributed by atoms with Gasteiger partial charge in [0.15, 0.2) is 0 Å². The smallest absolute Gasteiger partial charge is 0.0420 e. The molecule has 0 saturated heterocycles. The van der Waals surface area contributed by atoms with Crippen LogP contribution in [-0.4, -0.2) is 4.90 Å². The molecular formula is C20H25N. The van der Waals surface area contributed by atoms with E-state index in [1.165, 1.54) is 22.3 Å². The summed E-state index contributed by atoms with van der Waals surface area (Å²) in [7, 11) is 0. The van der Waals surface area contributed by atoms with Crippen LogP contribution in [0.3, 0.4) is 0 Å². The lowest BCUT2D eigenvalue weighted by Crippen LogP contribution is -2.44. The first-order valence-electron chi connectivity index (χ1n) is 7.77. The molecule has 21 heavy (non-hydrogen) atoms. The summed E-state index contributed by atoms with van der Waals surface area (Å²) in [6.45, 7) is 12.6. The molecule has 0 saturated carbocycles. The molecule has 2 aromatic carbocycles. The molecule has 1 heterocycles.